The largest absolute Gasteiger partial charge is 0.244 e. The monoisotopic (exact) mass is 1800 g/mol. The van der Waals surface area contributed by atoms with Crippen molar-refractivity contribution < 1.29 is 0 Å². The summed E-state index contributed by atoms with van der Waals surface area (Å²) in [6.45, 7) is 0. The Balaban J connectivity index is 0.931. The number of aromatic nitrogens is 18. The first-order valence-corrected chi connectivity index (χ1v) is 47.3. The van der Waals surface area contributed by atoms with Crippen LogP contribution in [-0.2, 0) is 0 Å². The lowest BCUT2D eigenvalue weighted by Gasteiger charge is -2.39. The Morgan fingerprint density at radius 3 is 0.464 bits per heavy atom. The molecule has 0 atom stereocenters. The zero-order valence-corrected chi connectivity index (χ0v) is 74.7. The molecule has 10 heterocycles. The van der Waals surface area contributed by atoms with Gasteiger partial charge in [-0.15, -0.1) is 0 Å². The smallest absolute Gasteiger partial charge is 0.0973 e. The van der Waals surface area contributed by atoms with E-state index in [9.17, 15) is 0 Å². The summed E-state index contributed by atoms with van der Waals surface area (Å²) in [5.41, 5.74) is 39.5. The van der Waals surface area contributed by atoms with Crippen molar-refractivity contribution in [2.75, 3.05) is 0 Å². The van der Waals surface area contributed by atoms with Crippen LogP contribution in [0, 0.1) is 0 Å². The third-order valence-corrected chi connectivity index (χ3v) is 28.8. The average Bonchev–Trinajstić information content (AvgIpc) is 0.672. The molecule has 18 nitrogen and oxygen atoms in total. The Bertz CT molecular complexity index is 10100. The number of benzene rings is 20. The quantitative estimate of drug-likeness (QED) is 0.122. The molecule has 30 rings (SSSR count). The summed E-state index contributed by atoms with van der Waals surface area (Å²) in [5.74, 6) is -1.05. The number of para-hydroxylation sites is 27. The van der Waals surface area contributed by atoms with E-state index in [-0.39, 0.29) is 0 Å². The topological polar surface area (TPSA) is 232 Å². The van der Waals surface area contributed by atoms with Gasteiger partial charge in [0.1, 0.15) is 0 Å². The van der Waals surface area contributed by atoms with E-state index in [1.54, 1.807) is 11.8 Å². The molecule has 0 fully saturated rings. The van der Waals surface area contributed by atoms with Crippen molar-refractivity contribution in [2.24, 2.45) is 0 Å². The van der Waals surface area contributed by atoms with Gasteiger partial charge >= 0.3 is 0 Å². The van der Waals surface area contributed by atoms with Crippen molar-refractivity contribution in [1.82, 2.24) is 89.7 Å². The molecule has 1 aliphatic heterocycles. The van der Waals surface area contributed by atoms with Crippen LogP contribution < -0.4 is 0 Å². The second kappa shape index (κ2) is 30.3. The third-order valence-electron chi connectivity index (χ3n) is 27.6. The van der Waals surface area contributed by atoms with Crippen LogP contribution in [0.15, 0.2) is 392 Å². The Morgan fingerprint density at radius 1 is 0.121 bits per heavy atom. The molecule has 0 amide bonds. The second-order valence-electron chi connectivity index (χ2n) is 35.5. The summed E-state index contributed by atoms with van der Waals surface area (Å²) >= 11 is 1.71. The van der Waals surface area contributed by atoms with Crippen molar-refractivity contribution >= 4 is 210 Å². The number of fused-ring (bicyclic) bond motifs is 20. The maximum atomic E-state index is 6.10. The maximum absolute atomic E-state index is 6.10. The molecule has 29 aromatic rings. The molecule has 140 heavy (non-hydrogen) atoms. The van der Waals surface area contributed by atoms with Crippen molar-refractivity contribution in [3.05, 3.63) is 399 Å². The Morgan fingerprint density at radius 2 is 0.264 bits per heavy atom. The van der Waals surface area contributed by atoms with Crippen LogP contribution in [0.4, 0.5) is 0 Å². The molecule has 644 valence electrons. The van der Waals surface area contributed by atoms with Gasteiger partial charge < -0.3 is 0 Å². The van der Waals surface area contributed by atoms with Gasteiger partial charge in [0.05, 0.1) is 199 Å². The van der Waals surface area contributed by atoms with Crippen molar-refractivity contribution in [2.45, 2.75) is 15.7 Å². The minimum absolute atomic E-state index is 0.635. The van der Waals surface area contributed by atoms with Crippen molar-refractivity contribution in [1.29, 1.82) is 0 Å². The highest BCUT2D eigenvalue weighted by molar-refractivity contribution is 7.99. The van der Waals surface area contributed by atoms with Gasteiger partial charge in [0, 0.05) is 93.6 Å². The van der Waals surface area contributed by atoms with E-state index in [1.165, 1.54) is 0 Å². The fraction of sp³-hybridized carbons (Fsp3) is 0.00826. The zero-order valence-electron chi connectivity index (χ0n) is 73.9. The summed E-state index contributed by atoms with van der Waals surface area (Å²) < 4.78 is 0. The minimum Gasteiger partial charge on any atom is -0.244 e. The Hall–Kier alpha value is -18.9. The van der Waals surface area contributed by atoms with Gasteiger partial charge in [-0.2, -0.15) is 0 Å². The van der Waals surface area contributed by atoms with Crippen LogP contribution in [0.3, 0.4) is 0 Å². The molecule has 0 aliphatic carbocycles. The molecule has 0 saturated heterocycles. The molecule has 0 spiro atoms. The maximum Gasteiger partial charge on any atom is 0.0973 e. The molecule has 19 heteroatoms. The zero-order chi connectivity index (χ0) is 91.5. The van der Waals surface area contributed by atoms with Gasteiger partial charge in [-0.1, -0.05) is 230 Å². The molecule has 1 aliphatic rings. The third kappa shape index (κ3) is 11.9. The summed E-state index contributed by atoms with van der Waals surface area (Å²) in [7, 11) is 0. The molecular weight excluding hydrogens is 1740 g/mol. The molecular formula is C121H64N18S. The first-order valence-electron chi connectivity index (χ1n) is 46.5. The van der Waals surface area contributed by atoms with E-state index in [0.717, 1.165) is 165 Å². The van der Waals surface area contributed by atoms with E-state index in [0.29, 0.717) is 149 Å². The normalized spacial score (nSPS) is 12.5. The lowest BCUT2D eigenvalue weighted by Crippen LogP contribution is -2.19. The summed E-state index contributed by atoms with van der Waals surface area (Å²) in [6.07, 6.45) is 0. The molecule has 20 aromatic carbocycles. The highest BCUT2D eigenvalue weighted by Crippen LogP contribution is 2.68. The lowest BCUT2D eigenvalue weighted by atomic mass is 9.69. The van der Waals surface area contributed by atoms with Gasteiger partial charge in [-0.05, 0) is 192 Å². The van der Waals surface area contributed by atoms with Crippen molar-refractivity contribution in [3.63, 3.8) is 0 Å². The summed E-state index contributed by atoms with van der Waals surface area (Å²) in [6, 6.07) is 131. The van der Waals surface area contributed by atoms with Crippen LogP contribution in [0.2, 0.25) is 0 Å². The molecule has 0 N–H and O–H groups in total. The number of hydrogen-bond acceptors (Lipinski definition) is 19. The highest BCUT2D eigenvalue weighted by atomic mass is 32.2. The molecule has 0 bridgehead atoms. The lowest BCUT2D eigenvalue weighted by molar-refractivity contribution is 0.917. The average molecular weight is 1800 g/mol. The van der Waals surface area contributed by atoms with Gasteiger partial charge in [0.15, 0.2) is 0 Å². The molecule has 0 saturated carbocycles. The highest BCUT2D eigenvalue weighted by Gasteiger charge is 2.45. The van der Waals surface area contributed by atoms with Gasteiger partial charge in [0.25, 0.3) is 0 Å². The van der Waals surface area contributed by atoms with Crippen LogP contribution in [-0.4, -0.2) is 89.7 Å². The predicted octanol–water partition coefficient (Wildman–Crippen LogP) is 28.5. The number of hydrogen-bond donors (Lipinski definition) is 0. The number of nitrogens with zero attached hydrogens (tertiary/aromatic N) is 18. The summed E-state index contributed by atoms with van der Waals surface area (Å²) in [5, 5.41) is 0. The van der Waals surface area contributed by atoms with Crippen LogP contribution >= 0.6 is 11.8 Å². The first kappa shape index (κ1) is 77.6. The summed E-state index contributed by atoms with van der Waals surface area (Å²) in [4.78, 5) is 107. The Kier molecular flexibility index (Phi) is 16.8. The van der Waals surface area contributed by atoms with Gasteiger partial charge in [-0.3, -0.25) is 0 Å². The fourth-order valence-electron chi connectivity index (χ4n) is 21.6. The fourth-order valence-corrected chi connectivity index (χ4v) is 23.1. The molecule has 9 aromatic heterocycles. The Labute approximate surface area is 798 Å². The SMILES string of the molecule is c1ccc2nc3c(-c4c5c(c(-c6cccc7nc8ccccc8nc67)c(-c6cccc7nc8ccccc8nc67)c4-c4cccc6nc7ccccc7nc46)C(c4cccc6nc7ccccc7nc46)c4c(c(-c6cccc7nc8ccccc8nc67)c(-c6cccc7nc8ccccc8nc67)c(-c6cccc7nc8ccccc8nc67)c4-c4cccc6nc7ccccc7nc46)S5)cccc3nc2c1. The van der Waals surface area contributed by atoms with Gasteiger partial charge in [0.2, 0.25) is 0 Å². The van der Waals surface area contributed by atoms with Crippen molar-refractivity contribution in [3.8, 4) is 89.0 Å². The first-order chi connectivity index (χ1) is 69.4. The van der Waals surface area contributed by atoms with E-state index in [2.05, 4.69) is 218 Å². The number of rotatable bonds is 9. The minimum atomic E-state index is -1.05. The molecule has 0 radical (unpaired) electrons. The van der Waals surface area contributed by atoms with Crippen LogP contribution in [0.5, 0.6) is 0 Å². The molecule has 0 unspecified atom stereocenters. The van der Waals surface area contributed by atoms with E-state index in [1.807, 2.05) is 164 Å². The van der Waals surface area contributed by atoms with Crippen LogP contribution in [0.25, 0.3) is 288 Å². The second-order valence-corrected chi connectivity index (χ2v) is 36.6. The predicted molar refractivity (Wildman–Crippen MR) is 563 cm³/mol. The van der Waals surface area contributed by atoms with E-state index >= 15 is 0 Å². The van der Waals surface area contributed by atoms with E-state index in [4.69, 9.17) is 89.7 Å². The van der Waals surface area contributed by atoms with Crippen LogP contribution in [0.1, 0.15) is 22.6 Å². The van der Waals surface area contributed by atoms with E-state index < -0.39 is 5.92 Å². The van der Waals surface area contributed by atoms with Gasteiger partial charge in [-0.25, -0.2) is 89.7 Å². The standard InChI is InChI=1S/C121H64N18S/c1-10-46-82-73(37-1)122-91-55-19-28-64(111(91)131-82)100-102(66-30-21-57-93-113(66)133-84-48-12-3-39-75(84)124-93)107(71-35-26-62-98-118(71)138-89-53-17-8-44-80(89)129-98)120-109(104(100)68-32-23-59-95-115(68)135-86-50-14-5-41-77(86)126-95)106(70-34-25-61-97-117(70)137-88-52-16-7-43-79(88)128-97)110-105(69-33-24-60-96-116(69)136-87-51-15-6-42-78(87)127-96)101(65-29-20-56-92-112(65)132-83-47-11-2-38-74(83)123-92)103(67-31-22-58-94-114(67)134-85-49-13-4-40-76(85)125-94)108(121(110)140-120)72-36-27-63-99-119(72)139-90-54-18-9-45-81(90)130-99/h1-63,106H.